The Morgan fingerprint density at radius 1 is 1.20 bits per heavy atom. The molecule has 2 aliphatic carbocycles. The molecule has 3 rings (SSSR count). The van der Waals surface area contributed by atoms with Crippen LogP contribution in [0.3, 0.4) is 0 Å². The van der Waals surface area contributed by atoms with Crippen molar-refractivity contribution in [1.29, 1.82) is 0 Å². The standard InChI is InChI=1S/C12H17NO2/c1-10(2)7-4-5-11(10,3)12(6-7)8(14)13-9(12)15/h7H,4-6H2,1-3H3,(H,13,14,15). The van der Waals surface area contributed by atoms with Gasteiger partial charge in [-0.05, 0) is 36.0 Å². The normalized spacial score (nSPS) is 44.3. The highest BCUT2D eigenvalue weighted by Gasteiger charge is 2.78. The van der Waals surface area contributed by atoms with Gasteiger partial charge in [0, 0.05) is 0 Å². The van der Waals surface area contributed by atoms with Crippen molar-refractivity contribution in [2.45, 2.75) is 40.0 Å². The Morgan fingerprint density at radius 3 is 2.07 bits per heavy atom. The summed E-state index contributed by atoms with van der Waals surface area (Å²) in [6.07, 6.45) is 2.97. The van der Waals surface area contributed by atoms with Gasteiger partial charge in [-0.25, -0.2) is 0 Å². The first kappa shape index (κ1) is 9.37. The molecule has 3 heteroatoms. The van der Waals surface area contributed by atoms with Crippen molar-refractivity contribution in [2.75, 3.05) is 0 Å². The molecule has 2 saturated carbocycles. The maximum absolute atomic E-state index is 11.8. The SMILES string of the molecule is CC1(C)C2CCC1(C)C1(C2)C(=O)NC1=O. The van der Waals surface area contributed by atoms with Crippen molar-refractivity contribution >= 4 is 11.8 Å². The average molecular weight is 207 g/mol. The van der Waals surface area contributed by atoms with Crippen LogP contribution >= 0.6 is 0 Å². The van der Waals surface area contributed by atoms with Crippen molar-refractivity contribution in [3.63, 3.8) is 0 Å². The van der Waals surface area contributed by atoms with Gasteiger partial charge in [-0.1, -0.05) is 20.8 Å². The van der Waals surface area contributed by atoms with Crippen molar-refractivity contribution < 1.29 is 9.59 Å². The Balaban J connectivity index is 2.17. The third-order valence-corrected chi connectivity index (χ3v) is 5.93. The highest BCUT2D eigenvalue weighted by atomic mass is 16.2. The first-order chi connectivity index (χ1) is 6.86. The molecule has 1 aliphatic heterocycles. The van der Waals surface area contributed by atoms with Crippen LogP contribution in [0.4, 0.5) is 0 Å². The Labute approximate surface area is 89.6 Å². The fourth-order valence-electron chi connectivity index (χ4n) is 4.36. The molecule has 1 spiro atoms. The van der Waals surface area contributed by atoms with Crippen LogP contribution in [-0.2, 0) is 9.59 Å². The topological polar surface area (TPSA) is 46.2 Å². The minimum Gasteiger partial charge on any atom is -0.295 e. The number of imide groups is 1. The van der Waals surface area contributed by atoms with Gasteiger partial charge in [0.25, 0.3) is 0 Å². The molecule has 2 amide bonds. The fourth-order valence-corrected chi connectivity index (χ4v) is 4.36. The fraction of sp³-hybridized carbons (Fsp3) is 0.833. The summed E-state index contributed by atoms with van der Waals surface area (Å²) < 4.78 is 0. The number of hydrogen-bond donors (Lipinski definition) is 1. The van der Waals surface area contributed by atoms with Gasteiger partial charge >= 0.3 is 0 Å². The molecule has 3 fully saturated rings. The molecule has 2 atom stereocenters. The summed E-state index contributed by atoms with van der Waals surface area (Å²) in [7, 11) is 0. The van der Waals surface area contributed by atoms with E-state index in [1.807, 2.05) is 0 Å². The molecule has 1 saturated heterocycles. The van der Waals surface area contributed by atoms with E-state index in [0.29, 0.717) is 5.92 Å². The monoisotopic (exact) mass is 207 g/mol. The van der Waals surface area contributed by atoms with Crippen LogP contribution in [0.1, 0.15) is 40.0 Å². The predicted molar refractivity (Wildman–Crippen MR) is 54.8 cm³/mol. The van der Waals surface area contributed by atoms with E-state index >= 15 is 0 Å². The molecule has 0 aromatic heterocycles. The Kier molecular flexibility index (Phi) is 1.33. The minimum absolute atomic E-state index is 0.0229. The Morgan fingerprint density at radius 2 is 1.80 bits per heavy atom. The van der Waals surface area contributed by atoms with E-state index in [2.05, 4.69) is 26.1 Å². The van der Waals surface area contributed by atoms with E-state index in [9.17, 15) is 9.59 Å². The predicted octanol–water partition coefficient (Wildman–Crippen LogP) is 1.48. The van der Waals surface area contributed by atoms with Gasteiger partial charge in [0.05, 0.1) is 0 Å². The van der Waals surface area contributed by atoms with Crippen LogP contribution in [0.5, 0.6) is 0 Å². The maximum Gasteiger partial charge on any atom is 0.242 e. The number of nitrogens with one attached hydrogen (secondary N) is 1. The van der Waals surface area contributed by atoms with Crippen LogP contribution in [0.25, 0.3) is 0 Å². The summed E-state index contributed by atoms with van der Waals surface area (Å²) in [5.41, 5.74) is -0.663. The van der Waals surface area contributed by atoms with E-state index < -0.39 is 5.41 Å². The van der Waals surface area contributed by atoms with Crippen LogP contribution in [0, 0.1) is 22.2 Å². The van der Waals surface area contributed by atoms with Gasteiger partial charge in [0.15, 0.2) is 0 Å². The van der Waals surface area contributed by atoms with Gasteiger partial charge in [-0.2, -0.15) is 0 Å². The van der Waals surface area contributed by atoms with Crippen molar-refractivity contribution in [3.05, 3.63) is 0 Å². The molecule has 1 heterocycles. The molecule has 15 heavy (non-hydrogen) atoms. The zero-order valence-corrected chi connectivity index (χ0v) is 9.52. The lowest BCUT2D eigenvalue weighted by Crippen LogP contribution is -2.70. The van der Waals surface area contributed by atoms with Crippen LogP contribution in [0.2, 0.25) is 0 Å². The summed E-state index contributed by atoms with van der Waals surface area (Å²) in [5.74, 6) is 0.494. The molecule has 3 aliphatic rings. The van der Waals surface area contributed by atoms with Gasteiger partial charge in [0.1, 0.15) is 5.41 Å². The van der Waals surface area contributed by atoms with Crippen molar-refractivity contribution in [3.8, 4) is 0 Å². The number of β-lactam (4-membered cyclic amide) rings is 2. The summed E-state index contributed by atoms with van der Waals surface area (Å²) in [5, 5.41) is 2.41. The lowest BCUT2D eigenvalue weighted by Gasteiger charge is -2.50. The van der Waals surface area contributed by atoms with Crippen molar-refractivity contribution in [2.24, 2.45) is 22.2 Å². The van der Waals surface area contributed by atoms with Crippen LogP contribution in [0.15, 0.2) is 0 Å². The quantitative estimate of drug-likeness (QED) is 0.483. The first-order valence-electron chi connectivity index (χ1n) is 5.72. The molecule has 2 unspecified atom stereocenters. The highest BCUT2D eigenvalue weighted by molar-refractivity contribution is 6.23. The van der Waals surface area contributed by atoms with E-state index in [4.69, 9.17) is 0 Å². The van der Waals surface area contributed by atoms with E-state index in [1.165, 1.54) is 6.42 Å². The summed E-state index contributed by atoms with van der Waals surface area (Å²) in [6.45, 7) is 6.58. The van der Waals surface area contributed by atoms with Crippen LogP contribution in [-0.4, -0.2) is 11.8 Å². The molecular weight excluding hydrogens is 190 g/mol. The number of hydrogen-bond acceptors (Lipinski definition) is 2. The Bertz CT molecular complexity index is 371. The molecule has 0 radical (unpaired) electrons. The largest absolute Gasteiger partial charge is 0.295 e. The van der Waals surface area contributed by atoms with Gasteiger partial charge in [0.2, 0.25) is 11.8 Å². The third kappa shape index (κ3) is 0.649. The minimum atomic E-state index is -0.667. The number of rotatable bonds is 0. The van der Waals surface area contributed by atoms with Gasteiger partial charge < -0.3 is 0 Å². The number of fused-ring (bicyclic) bond motifs is 3. The zero-order chi connectivity index (χ0) is 11.1. The second-order valence-corrected chi connectivity index (χ2v) is 6.18. The summed E-state index contributed by atoms with van der Waals surface area (Å²) in [6, 6.07) is 0. The molecule has 1 N–H and O–H groups in total. The van der Waals surface area contributed by atoms with E-state index in [1.54, 1.807) is 0 Å². The maximum atomic E-state index is 11.8. The zero-order valence-electron chi connectivity index (χ0n) is 9.52. The lowest BCUT2D eigenvalue weighted by atomic mass is 9.55. The number of amides is 2. The molecule has 0 aromatic rings. The van der Waals surface area contributed by atoms with Gasteiger partial charge in [-0.15, -0.1) is 0 Å². The Hall–Kier alpha value is -0.860. The van der Waals surface area contributed by atoms with Gasteiger partial charge in [-0.3, -0.25) is 14.9 Å². The lowest BCUT2D eigenvalue weighted by molar-refractivity contribution is -0.170. The number of carbonyl (C=O) groups excluding carboxylic acids is 2. The van der Waals surface area contributed by atoms with E-state index in [0.717, 1.165) is 12.8 Å². The smallest absolute Gasteiger partial charge is 0.242 e. The molecule has 3 nitrogen and oxygen atoms in total. The molecule has 0 aromatic carbocycles. The summed E-state index contributed by atoms with van der Waals surface area (Å²) in [4.78, 5) is 23.6. The molecule has 2 bridgehead atoms. The van der Waals surface area contributed by atoms with E-state index in [-0.39, 0.29) is 22.6 Å². The average Bonchev–Trinajstić information content (AvgIpc) is 2.48. The second kappa shape index (κ2) is 2.13. The van der Waals surface area contributed by atoms with Crippen LogP contribution < -0.4 is 5.32 Å². The number of carbonyl (C=O) groups is 2. The summed E-state index contributed by atoms with van der Waals surface area (Å²) >= 11 is 0. The first-order valence-corrected chi connectivity index (χ1v) is 5.72. The van der Waals surface area contributed by atoms with Crippen molar-refractivity contribution in [1.82, 2.24) is 5.32 Å². The third-order valence-electron chi connectivity index (χ3n) is 5.93. The molecule has 82 valence electrons. The molecular formula is C12H17NO2. The second-order valence-electron chi connectivity index (χ2n) is 6.18. The highest BCUT2D eigenvalue weighted by Crippen LogP contribution is 2.74.